The van der Waals surface area contributed by atoms with Gasteiger partial charge in [-0.1, -0.05) is 25.1 Å². The van der Waals surface area contributed by atoms with Gasteiger partial charge in [-0.25, -0.2) is 0 Å². The Hall–Kier alpha value is -1.03. The monoisotopic (exact) mass is 229 g/mol. The van der Waals surface area contributed by atoms with Crippen LogP contribution >= 0.6 is 0 Å². The average Bonchev–Trinajstić information content (AvgIpc) is 2.91. The molecular weight excluding hydrogens is 215 g/mol. The van der Waals surface area contributed by atoms with Crippen LogP contribution < -0.4 is 5.32 Å². The van der Waals surface area contributed by atoms with Crippen LogP contribution in [0.25, 0.3) is 0 Å². The molecule has 0 aliphatic heterocycles. The number of benzene rings is 1. The van der Waals surface area contributed by atoms with Crippen LogP contribution in [0.3, 0.4) is 0 Å². The molecule has 2 unspecified atom stereocenters. The number of hydrogen-bond donors (Lipinski definition) is 1. The van der Waals surface area contributed by atoms with Gasteiger partial charge in [-0.15, -0.1) is 0 Å². The zero-order chi connectivity index (χ0) is 11.8. The average molecular weight is 229 g/mol. The zero-order valence-corrected chi connectivity index (χ0v) is 9.01. The Balaban J connectivity index is 2.07. The molecule has 4 heteroatoms. The van der Waals surface area contributed by atoms with Crippen molar-refractivity contribution in [3.05, 3.63) is 35.4 Å². The fourth-order valence-electron chi connectivity index (χ4n) is 1.80. The van der Waals surface area contributed by atoms with Gasteiger partial charge in [0.25, 0.3) is 0 Å². The molecule has 1 aliphatic rings. The third-order valence-corrected chi connectivity index (χ3v) is 2.99. The molecule has 1 aliphatic carbocycles. The lowest BCUT2D eigenvalue weighted by Crippen LogP contribution is -2.20. The van der Waals surface area contributed by atoms with E-state index < -0.39 is 11.7 Å². The molecule has 0 radical (unpaired) electrons. The van der Waals surface area contributed by atoms with Gasteiger partial charge in [0.2, 0.25) is 0 Å². The van der Waals surface area contributed by atoms with Crippen molar-refractivity contribution in [1.82, 2.24) is 5.32 Å². The first kappa shape index (κ1) is 11.5. The molecule has 2 rings (SSSR count). The third-order valence-electron chi connectivity index (χ3n) is 2.99. The van der Waals surface area contributed by atoms with E-state index in [2.05, 4.69) is 12.2 Å². The van der Waals surface area contributed by atoms with Crippen molar-refractivity contribution >= 4 is 0 Å². The molecule has 1 N–H and O–H groups in total. The van der Waals surface area contributed by atoms with Crippen molar-refractivity contribution in [1.29, 1.82) is 0 Å². The molecule has 1 aromatic carbocycles. The van der Waals surface area contributed by atoms with Gasteiger partial charge in [-0.2, -0.15) is 13.2 Å². The van der Waals surface area contributed by atoms with Crippen molar-refractivity contribution in [2.24, 2.45) is 5.92 Å². The summed E-state index contributed by atoms with van der Waals surface area (Å²) in [5.74, 6) is 0.595. The lowest BCUT2D eigenvalue weighted by molar-refractivity contribution is -0.138. The van der Waals surface area contributed by atoms with Crippen LogP contribution in [0.15, 0.2) is 24.3 Å². The summed E-state index contributed by atoms with van der Waals surface area (Å²) in [5, 5.41) is 3.14. The molecular formula is C12H14F3N. The van der Waals surface area contributed by atoms with Gasteiger partial charge in [0.1, 0.15) is 0 Å². The predicted molar refractivity (Wildman–Crippen MR) is 55.9 cm³/mol. The first-order valence-electron chi connectivity index (χ1n) is 5.37. The lowest BCUT2D eigenvalue weighted by Gasteiger charge is -2.13. The third kappa shape index (κ3) is 2.55. The fourth-order valence-corrected chi connectivity index (χ4v) is 1.80. The second-order valence-corrected chi connectivity index (χ2v) is 4.36. The van der Waals surface area contributed by atoms with Crippen molar-refractivity contribution in [2.75, 3.05) is 0 Å². The van der Waals surface area contributed by atoms with E-state index in [4.69, 9.17) is 0 Å². The van der Waals surface area contributed by atoms with Gasteiger partial charge in [-0.3, -0.25) is 0 Å². The first-order chi connectivity index (χ1) is 7.48. The summed E-state index contributed by atoms with van der Waals surface area (Å²) in [5.41, 5.74) is -0.204. The van der Waals surface area contributed by atoms with E-state index in [1.807, 2.05) is 0 Å². The van der Waals surface area contributed by atoms with E-state index in [1.165, 1.54) is 12.1 Å². The van der Waals surface area contributed by atoms with Crippen LogP contribution in [0.4, 0.5) is 13.2 Å². The molecule has 1 saturated carbocycles. The van der Waals surface area contributed by atoms with Gasteiger partial charge < -0.3 is 5.32 Å². The maximum absolute atomic E-state index is 12.6. The van der Waals surface area contributed by atoms with Gasteiger partial charge >= 0.3 is 6.18 Å². The first-order valence-corrected chi connectivity index (χ1v) is 5.37. The number of halogens is 3. The molecule has 0 aromatic heterocycles. The molecule has 0 bridgehead atoms. The van der Waals surface area contributed by atoms with E-state index in [-0.39, 0.29) is 0 Å². The number of nitrogens with one attached hydrogen (secondary N) is 1. The highest BCUT2D eigenvalue weighted by molar-refractivity contribution is 5.29. The van der Waals surface area contributed by atoms with Gasteiger partial charge in [0.15, 0.2) is 0 Å². The summed E-state index contributed by atoms with van der Waals surface area (Å²) >= 11 is 0. The Kier molecular flexibility index (Phi) is 2.93. The minimum Gasteiger partial charge on any atom is -0.310 e. The Morgan fingerprint density at radius 1 is 1.31 bits per heavy atom. The van der Waals surface area contributed by atoms with E-state index in [0.29, 0.717) is 24.1 Å². The van der Waals surface area contributed by atoms with Crippen LogP contribution in [0.5, 0.6) is 0 Å². The smallest absolute Gasteiger partial charge is 0.310 e. The minimum absolute atomic E-state index is 0.296. The van der Waals surface area contributed by atoms with Crippen LogP contribution in [-0.4, -0.2) is 6.04 Å². The van der Waals surface area contributed by atoms with E-state index in [0.717, 1.165) is 12.5 Å². The molecule has 1 fully saturated rings. The molecule has 2 atom stereocenters. The summed E-state index contributed by atoms with van der Waals surface area (Å²) in [6, 6.07) is 6.12. The van der Waals surface area contributed by atoms with Crippen LogP contribution in [-0.2, 0) is 12.7 Å². The number of alkyl halides is 3. The number of rotatable bonds is 3. The Morgan fingerprint density at radius 2 is 1.94 bits per heavy atom. The normalized spacial score (nSPS) is 24.5. The van der Waals surface area contributed by atoms with Gasteiger partial charge in [0.05, 0.1) is 5.56 Å². The molecule has 0 heterocycles. The highest BCUT2D eigenvalue weighted by Gasteiger charge is 2.35. The van der Waals surface area contributed by atoms with Crippen molar-refractivity contribution in [3.8, 4) is 0 Å². The molecule has 1 nitrogen and oxygen atoms in total. The highest BCUT2D eigenvalue weighted by Crippen LogP contribution is 2.33. The molecule has 88 valence electrons. The summed E-state index contributed by atoms with van der Waals surface area (Å²) < 4.78 is 37.9. The Labute approximate surface area is 92.7 Å². The SMILES string of the molecule is CC1CC1NCc1ccccc1C(F)(F)F. The zero-order valence-electron chi connectivity index (χ0n) is 9.01. The fraction of sp³-hybridized carbons (Fsp3) is 0.500. The molecule has 0 amide bonds. The van der Waals surface area contributed by atoms with Crippen LogP contribution in [0.1, 0.15) is 24.5 Å². The summed E-state index contributed by atoms with van der Waals surface area (Å²) in [6.45, 7) is 2.39. The van der Waals surface area contributed by atoms with Crippen LogP contribution in [0, 0.1) is 5.92 Å². The Morgan fingerprint density at radius 3 is 2.50 bits per heavy atom. The molecule has 1 aromatic rings. The Bertz CT molecular complexity index is 373. The van der Waals surface area contributed by atoms with E-state index in [1.54, 1.807) is 6.07 Å². The van der Waals surface area contributed by atoms with Crippen LogP contribution in [0.2, 0.25) is 0 Å². The quantitative estimate of drug-likeness (QED) is 0.839. The van der Waals surface area contributed by atoms with Crippen molar-refractivity contribution in [3.63, 3.8) is 0 Å². The lowest BCUT2D eigenvalue weighted by atomic mass is 10.1. The largest absolute Gasteiger partial charge is 0.416 e. The highest BCUT2D eigenvalue weighted by atomic mass is 19.4. The number of hydrogen-bond acceptors (Lipinski definition) is 1. The second-order valence-electron chi connectivity index (χ2n) is 4.36. The molecule has 16 heavy (non-hydrogen) atoms. The topological polar surface area (TPSA) is 12.0 Å². The maximum atomic E-state index is 12.6. The maximum Gasteiger partial charge on any atom is 0.416 e. The molecule has 0 saturated heterocycles. The van der Waals surface area contributed by atoms with Gasteiger partial charge in [0, 0.05) is 12.6 Å². The predicted octanol–water partition coefficient (Wildman–Crippen LogP) is 3.20. The summed E-state index contributed by atoms with van der Waals surface area (Å²) in [7, 11) is 0. The van der Waals surface area contributed by atoms with Crippen molar-refractivity contribution < 1.29 is 13.2 Å². The van der Waals surface area contributed by atoms with E-state index >= 15 is 0 Å². The summed E-state index contributed by atoms with van der Waals surface area (Å²) in [4.78, 5) is 0. The molecule has 0 spiro atoms. The van der Waals surface area contributed by atoms with Crippen molar-refractivity contribution in [2.45, 2.75) is 32.1 Å². The standard InChI is InChI=1S/C12H14F3N/c1-8-6-11(8)16-7-9-4-2-3-5-10(9)12(13,14)15/h2-5,8,11,16H,6-7H2,1H3. The second kappa shape index (κ2) is 4.09. The van der Waals surface area contributed by atoms with Gasteiger partial charge in [-0.05, 0) is 24.0 Å². The summed E-state index contributed by atoms with van der Waals surface area (Å²) in [6.07, 6.45) is -3.19. The van der Waals surface area contributed by atoms with E-state index in [9.17, 15) is 13.2 Å². The minimum atomic E-state index is -4.26.